The van der Waals surface area contributed by atoms with E-state index in [1.165, 1.54) is 23.8 Å². The van der Waals surface area contributed by atoms with Crippen LogP contribution in [0.4, 0.5) is 0 Å². The fourth-order valence-corrected chi connectivity index (χ4v) is 3.65. The first-order valence-electron chi connectivity index (χ1n) is 7.43. The summed E-state index contributed by atoms with van der Waals surface area (Å²) in [6.45, 7) is 1.92. The minimum Gasteiger partial charge on any atom is -0.497 e. The molecule has 128 valence electrons. The summed E-state index contributed by atoms with van der Waals surface area (Å²) < 4.78 is 5.07. The zero-order valence-corrected chi connectivity index (χ0v) is 14.6. The van der Waals surface area contributed by atoms with Gasteiger partial charge in [0.2, 0.25) is 0 Å². The Morgan fingerprint density at radius 3 is 2.42 bits per heavy atom. The van der Waals surface area contributed by atoms with Crippen LogP contribution in [0.5, 0.6) is 5.75 Å². The smallest absolute Gasteiger partial charge is 0.308 e. The molecule has 1 aliphatic heterocycles. The van der Waals surface area contributed by atoms with Gasteiger partial charge in [-0.25, -0.2) is 0 Å². The zero-order chi connectivity index (χ0) is 17.9. The van der Waals surface area contributed by atoms with E-state index in [1.807, 2.05) is 6.92 Å². The molecular weight excluding hydrogens is 330 g/mol. The van der Waals surface area contributed by atoms with Gasteiger partial charge < -0.3 is 14.7 Å². The van der Waals surface area contributed by atoms with Gasteiger partial charge in [-0.2, -0.15) is 0 Å². The number of ether oxygens (including phenoxy) is 1. The monoisotopic (exact) mass is 349 g/mol. The molecule has 0 aromatic heterocycles. The molecule has 1 atom stereocenters. The summed E-state index contributed by atoms with van der Waals surface area (Å²) in [6, 6.07) is 6.55. The van der Waals surface area contributed by atoms with E-state index in [0.29, 0.717) is 17.1 Å². The molecule has 1 heterocycles. The topological polar surface area (TPSA) is 83.9 Å². The first kappa shape index (κ1) is 18.1. The van der Waals surface area contributed by atoms with Crippen LogP contribution in [0, 0.1) is 0 Å². The number of carboxylic acids is 1. The lowest BCUT2D eigenvalue weighted by molar-refractivity contribution is -0.137. The number of carbonyl (C=O) groups excluding carboxylic acids is 2. The highest BCUT2D eigenvalue weighted by atomic mass is 32.2. The van der Waals surface area contributed by atoms with Crippen molar-refractivity contribution in [1.82, 2.24) is 4.90 Å². The molecule has 0 fully saturated rings. The Hall–Kier alpha value is -2.28. The van der Waals surface area contributed by atoms with Crippen LogP contribution in [0.15, 0.2) is 35.4 Å². The summed E-state index contributed by atoms with van der Waals surface area (Å²) in [6.07, 6.45) is -0.457. The molecular formula is C17H19NO5S. The van der Waals surface area contributed by atoms with Crippen LogP contribution < -0.4 is 4.74 Å². The number of carboxylic acid groups (broad SMARTS) is 1. The van der Waals surface area contributed by atoms with Crippen LogP contribution in [0.1, 0.15) is 23.7 Å². The van der Waals surface area contributed by atoms with E-state index in [-0.39, 0.29) is 16.9 Å². The summed E-state index contributed by atoms with van der Waals surface area (Å²) in [5.41, 5.74) is 0.733. The molecule has 1 aromatic rings. The Morgan fingerprint density at radius 2 is 1.92 bits per heavy atom. The van der Waals surface area contributed by atoms with Gasteiger partial charge in [-0.15, -0.1) is 11.8 Å². The number of carbonyl (C=O) groups is 3. The molecule has 0 bridgehead atoms. The van der Waals surface area contributed by atoms with Crippen LogP contribution in [0.25, 0.3) is 0 Å². The number of nitrogens with zero attached hydrogens (tertiary/aromatic N) is 1. The number of hydrogen-bond donors (Lipinski definition) is 1. The second kappa shape index (κ2) is 7.53. The predicted octanol–water partition coefficient (Wildman–Crippen LogP) is 2.20. The molecule has 0 spiro atoms. The Bertz CT molecular complexity index is 695. The van der Waals surface area contributed by atoms with Crippen molar-refractivity contribution in [3.05, 3.63) is 41.0 Å². The van der Waals surface area contributed by atoms with Crippen molar-refractivity contribution in [2.75, 3.05) is 19.9 Å². The lowest BCUT2D eigenvalue weighted by Gasteiger charge is -2.21. The highest BCUT2D eigenvalue weighted by Crippen LogP contribution is 2.36. The molecule has 1 unspecified atom stereocenters. The number of benzene rings is 1. The molecule has 1 N–H and O–H groups in total. The molecule has 1 aromatic carbocycles. The normalized spacial score (nSPS) is 17.4. The fourth-order valence-electron chi connectivity index (χ4n) is 2.60. The molecule has 1 aliphatic rings. The van der Waals surface area contributed by atoms with Crippen molar-refractivity contribution in [1.29, 1.82) is 0 Å². The van der Waals surface area contributed by atoms with Gasteiger partial charge in [0.1, 0.15) is 11.1 Å². The highest BCUT2D eigenvalue weighted by molar-refractivity contribution is 8.00. The average molecular weight is 349 g/mol. The molecule has 6 nitrogen and oxygen atoms in total. The predicted molar refractivity (Wildman–Crippen MR) is 91.3 cm³/mol. The first-order valence-corrected chi connectivity index (χ1v) is 8.47. The summed E-state index contributed by atoms with van der Waals surface area (Å²) in [5.74, 6) is -0.542. The third-order valence-corrected chi connectivity index (χ3v) is 4.95. The van der Waals surface area contributed by atoms with Gasteiger partial charge in [0, 0.05) is 23.8 Å². The number of likely N-dealkylation sites (N-methyl/N-ethyl adjacent to an activating group) is 1. The number of aliphatic carboxylic acids is 1. The molecule has 2 rings (SSSR count). The molecule has 24 heavy (non-hydrogen) atoms. The van der Waals surface area contributed by atoms with Crippen molar-refractivity contribution < 1.29 is 24.2 Å². The van der Waals surface area contributed by atoms with Crippen LogP contribution in [-0.2, 0) is 9.59 Å². The van der Waals surface area contributed by atoms with Crippen molar-refractivity contribution in [2.24, 2.45) is 0 Å². The lowest BCUT2D eigenvalue weighted by Crippen LogP contribution is -2.31. The summed E-state index contributed by atoms with van der Waals surface area (Å²) >= 11 is 1.43. The highest BCUT2D eigenvalue weighted by Gasteiger charge is 2.41. The minimum absolute atomic E-state index is 0.0665. The Labute approximate surface area is 144 Å². The summed E-state index contributed by atoms with van der Waals surface area (Å²) in [7, 11) is 3.12. The molecule has 0 saturated heterocycles. The third-order valence-electron chi connectivity index (χ3n) is 3.75. The minimum atomic E-state index is -1.13. The van der Waals surface area contributed by atoms with E-state index < -0.39 is 23.7 Å². The van der Waals surface area contributed by atoms with Crippen LogP contribution in [0.2, 0.25) is 0 Å². The number of amides is 1. The van der Waals surface area contributed by atoms with Crippen molar-refractivity contribution in [3.8, 4) is 5.75 Å². The van der Waals surface area contributed by atoms with E-state index >= 15 is 0 Å². The van der Waals surface area contributed by atoms with Gasteiger partial charge >= 0.3 is 5.97 Å². The van der Waals surface area contributed by atoms with Crippen LogP contribution in [-0.4, -0.2) is 53.0 Å². The number of hydrogen-bond acceptors (Lipinski definition) is 5. The van der Waals surface area contributed by atoms with Gasteiger partial charge in [0.25, 0.3) is 5.91 Å². The summed E-state index contributed by atoms with van der Waals surface area (Å²) in [4.78, 5) is 37.9. The van der Waals surface area contributed by atoms with Gasteiger partial charge in [0.05, 0.1) is 13.5 Å². The largest absolute Gasteiger partial charge is 0.497 e. The van der Waals surface area contributed by atoms with Gasteiger partial charge in [-0.1, -0.05) is 6.92 Å². The van der Waals surface area contributed by atoms with Gasteiger partial charge in [-0.05, 0) is 30.0 Å². The second-order valence-corrected chi connectivity index (χ2v) is 6.60. The Kier molecular flexibility index (Phi) is 5.66. The van der Waals surface area contributed by atoms with Crippen LogP contribution >= 0.6 is 11.8 Å². The van der Waals surface area contributed by atoms with E-state index in [2.05, 4.69) is 0 Å². The number of ketones is 1. The molecule has 0 aliphatic carbocycles. The average Bonchev–Trinajstić information content (AvgIpc) is 2.79. The van der Waals surface area contributed by atoms with E-state index in [9.17, 15) is 14.4 Å². The van der Waals surface area contributed by atoms with Crippen LogP contribution in [0.3, 0.4) is 0 Å². The Balaban J connectivity index is 2.48. The second-order valence-electron chi connectivity index (χ2n) is 5.24. The summed E-state index contributed by atoms with van der Waals surface area (Å²) in [5, 5.41) is 8.63. The first-order chi connectivity index (χ1) is 11.4. The maximum absolute atomic E-state index is 12.9. The SMILES string of the molecule is CCSC1C(C(=O)c2ccc(OC)cc2)=C(CC(=O)O)C(=O)N1C. The molecule has 7 heteroatoms. The third kappa shape index (κ3) is 3.46. The Morgan fingerprint density at radius 1 is 1.29 bits per heavy atom. The zero-order valence-electron chi connectivity index (χ0n) is 13.7. The lowest BCUT2D eigenvalue weighted by atomic mass is 9.98. The number of rotatable bonds is 7. The van der Waals surface area contributed by atoms with Crippen molar-refractivity contribution >= 4 is 29.4 Å². The van der Waals surface area contributed by atoms with E-state index in [4.69, 9.17) is 9.84 Å². The quantitative estimate of drug-likeness (QED) is 0.760. The standard InChI is InChI=1S/C17H19NO5S/c1-4-24-17-14(12(9-13(19)20)16(22)18(17)2)15(21)10-5-7-11(23-3)8-6-10/h5-8,17H,4,9H2,1-3H3,(H,19,20). The molecule has 0 saturated carbocycles. The van der Waals surface area contributed by atoms with Gasteiger partial charge in [0.15, 0.2) is 5.78 Å². The van der Waals surface area contributed by atoms with Gasteiger partial charge in [-0.3, -0.25) is 14.4 Å². The fraction of sp³-hybridized carbons (Fsp3) is 0.353. The van der Waals surface area contributed by atoms with E-state index in [1.54, 1.807) is 31.3 Å². The maximum Gasteiger partial charge on any atom is 0.308 e. The van der Waals surface area contributed by atoms with Crippen molar-refractivity contribution in [3.63, 3.8) is 0 Å². The molecule has 0 radical (unpaired) electrons. The number of methoxy groups -OCH3 is 1. The molecule has 1 amide bonds. The number of thioether (sulfide) groups is 1. The number of Topliss-reactive ketones (excluding diaryl/α,β-unsaturated/α-hetero) is 1. The van der Waals surface area contributed by atoms with E-state index in [0.717, 1.165) is 0 Å². The van der Waals surface area contributed by atoms with Crippen molar-refractivity contribution in [2.45, 2.75) is 18.7 Å². The maximum atomic E-state index is 12.9.